The predicted molar refractivity (Wildman–Crippen MR) is 52.5 cm³/mol. The summed E-state index contributed by atoms with van der Waals surface area (Å²) in [5.74, 6) is 0.754. The minimum absolute atomic E-state index is 0.120. The van der Waals surface area contributed by atoms with Gasteiger partial charge in [-0.05, 0) is 18.8 Å². The monoisotopic (exact) mass is 298 g/mol. The van der Waals surface area contributed by atoms with Crippen molar-refractivity contribution in [1.82, 2.24) is 0 Å². The summed E-state index contributed by atoms with van der Waals surface area (Å²) < 4.78 is 5.78. The Morgan fingerprint density at radius 3 is 3.00 bits per heavy atom. The fourth-order valence-electron chi connectivity index (χ4n) is 2.86. The Morgan fingerprint density at radius 1 is 1.67 bits per heavy atom. The van der Waals surface area contributed by atoms with Crippen LogP contribution in [0.3, 0.4) is 0 Å². The summed E-state index contributed by atoms with van der Waals surface area (Å²) in [6.45, 7) is 0. The minimum atomic E-state index is -0.628. The van der Waals surface area contributed by atoms with Crippen molar-refractivity contribution in [3.63, 3.8) is 0 Å². The number of alkyl halides is 2. The highest BCUT2D eigenvalue weighted by atomic mass is 127. The van der Waals surface area contributed by atoms with Crippen LogP contribution in [-0.4, -0.2) is 20.9 Å². The molecule has 4 heteroatoms. The Labute approximate surface area is 89.1 Å². The molecule has 0 unspecified atom stereocenters. The molecule has 0 aromatic heterocycles. The molecule has 2 aliphatic carbocycles. The van der Waals surface area contributed by atoms with Crippen LogP contribution >= 0.6 is 34.2 Å². The van der Waals surface area contributed by atoms with Gasteiger partial charge in [-0.25, -0.2) is 0 Å². The van der Waals surface area contributed by atoms with Crippen molar-refractivity contribution in [1.29, 1.82) is 0 Å². The number of rotatable bonds is 0. The summed E-state index contributed by atoms with van der Waals surface area (Å²) in [5, 5.41) is 0. The first-order valence-electron chi connectivity index (χ1n) is 4.17. The zero-order valence-corrected chi connectivity index (χ0v) is 9.21. The SMILES string of the molecule is O=C1O[C@@H]2[C@H](I)[C@H]3C[C@H]2[C@]1(Cl)C3. The Hall–Kier alpha value is 0.490. The van der Waals surface area contributed by atoms with Crippen LogP contribution in [0.1, 0.15) is 12.8 Å². The lowest BCUT2D eigenvalue weighted by Crippen LogP contribution is -2.36. The van der Waals surface area contributed by atoms with E-state index in [2.05, 4.69) is 22.6 Å². The van der Waals surface area contributed by atoms with E-state index >= 15 is 0 Å². The van der Waals surface area contributed by atoms with Gasteiger partial charge in [0, 0.05) is 5.92 Å². The van der Waals surface area contributed by atoms with Crippen LogP contribution < -0.4 is 0 Å². The zero-order chi connectivity index (χ0) is 8.51. The second-order valence-electron chi connectivity index (χ2n) is 3.98. The lowest BCUT2D eigenvalue weighted by Gasteiger charge is -2.24. The third kappa shape index (κ3) is 0.672. The molecule has 0 aromatic carbocycles. The van der Waals surface area contributed by atoms with Crippen LogP contribution in [0.2, 0.25) is 0 Å². The molecule has 1 aliphatic heterocycles. The first-order valence-corrected chi connectivity index (χ1v) is 5.79. The molecule has 0 spiro atoms. The molecular formula is C8H8ClIO2. The highest BCUT2D eigenvalue weighted by molar-refractivity contribution is 14.1. The average Bonchev–Trinajstić information content (AvgIpc) is 2.53. The van der Waals surface area contributed by atoms with Gasteiger partial charge in [-0.3, -0.25) is 4.79 Å². The third-order valence-corrected chi connectivity index (χ3v) is 5.76. The number of carbonyl (C=O) groups is 1. The number of carbonyl (C=O) groups excluding carboxylic acids is 1. The van der Waals surface area contributed by atoms with Gasteiger partial charge in [-0.1, -0.05) is 22.6 Å². The molecule has 0 radical (unpaired) electrons. The van der Waals surface area contributed by atoms with Crippen LogP contribution in [0.4, 0.5) is 0 Å². The van der Waals surface area contributed by atoms with E-state index in [9.17, 15) is 4.79 Å². The van der Waals surface area contributed by atoms with Crippen LogP contribution in [0.5, 0.6) is 0 Å². The summed E-state index contributed by atoms with van der Waals surface area (Å²) in [7, 11) is 0. The molecular weight excluding hydrogens is 290 g/mol. The average molecular weight is 299 g/mol. The topological polar surface area (TPSA) is 26.3 Å². The standard InChI is InChI=1S/C8H8ClIO2/c9-8-2-3-1-4(8)6(5(3)10)12-7(8)11/h3-6H,1-2H2/t3-,4+,5+,6-,8+/m0/s1. The number of halogens is 2. The number of hydrogen-bond acceptors (Lipinski definition) is 2. The summed E-state index contributed by atoms with van der Waals surface area (Å²) in [5.41, 5.74) is 0. The van der Waals surface area contributed by atoms with Gasteiger partial charge < -0.3 is 4.74 Å². The smallest absolute Gasteiger partial charge is 0.327 e. The lowest BCUT2D eigenvalue weighted by molar-refractivity contribution is -0.142. The Morgan fingerprint density at radius 2 is 2.42 bits per heavy atom. The largest absolute Gasteiger partial charge is 0.460 e. The first-order chi connectivity index (χ1) is 5.63. The molecule has 1 heterocycles. The molecule has 3 fully saturated rings. The van der Waals surface area contributed by atoms with Crippen molar-refractivity contribution >= 4 is 40.2 Å². The summed E-state index contributed by atoms with van der Waals surface area (Å²) in [6, 6.07) is 0. The molecule has 3 aliphatic rings. The second-order valence-corrected chi connectivity index (χ2v) is 6.10. The van der Waals surface area contributed by atoms with Crippen LogP contribution in [0.25, 0.3) is 0 Å². The number of ether oxygens (including phenoxy) is 1. The fourth-order valence-corrected chi connectivity index (χ4v) is 4.51. The van der Waals surface area contributed by atoms with Gasteiger partial charge in [0.25, 0.3) is 0 Å². The van der Waals surface area contributed by atoms with Crippen molar-refractivity contribution in [3.8, 4) is 0 Å². The molecule has 5 atom stereocenters. The van der Waals surface area contributed by atoms with E-state index in [-0.39, 0.29) is 12.1 Å². The van der Waals surface area contributed by atoms with Crippen LogP contribution in [0.15, 0.2) is 0 Å². The van der Waals surface area contributed by atoms with Crippen LogP contribution in [0, 0.1) is 11.8 Å². The van der Waals surface area contributed by atoms with Gasteiger partial charge in [0.05, 0.1) is 3.92 Å². The maximum atomic E-state index is 11.4. The van der Waals surface area contributed by atoms with E-state index in [1.54, 1.807) is 0 Å². The van der Waals surface area contributed by atoms with E-state index in [0.717, 1.165) is 12.8 Å². The number of esters is 1. The minimum Gasteiger partial charge on any atom is -0.460 e. The highest BCUT2D eigenvalue weighted by Gasteiger charge is 2.69. The van der Waals surface area contributed by atoms with E-state index in [4.69, 9.17) is 16.3 Å². The molecule has 0 N–H and O–H groups in total. The molecule has 2 saturated carbocycles. The van der Waals surface area contributed by atoms with Gasteiger partial charge in [-0.2, -0.15) is 0 Å². The number of hydrogen-bond donors (Lipinski definition) is 0. The molecule has 3 rings (SSSR count). The molecule has 0 aromatic rings. The van der Waals surface area contributed by atoms with E-state index in [1.807, 2.05) is 0 Å². The highest BCUT2D eigenvalue weighted by Crippen LogP contribution is 2.61. The second kappa shape index (κ2) is 2.11. The molecule has 1 saturated heterocycles. The van der Waals surface area contributed by atoms with Crippen molar-refractivity contribution in [2.24, 2.45) is 11.8 Å². The lowest BCUT2D eigenvalue weighted by atomic mass is 9.89. The summed E-state index contributed by atoms with van der Waals surface area (Å²) in [4.78, 5) is 10.8. The normalized spacial score (nSPS) is 61.0. The van der Waals surface area contributed by atoms with E-state index < -0.39 is 4.87 Å². The van der Waals surface area contributed by atoms with E-state index in [0.29, 0.717) is 15.8 Å². The maximum Gasteiger partial charge on any atom is 0.327 e. The van der Waals surface area contributed by atoms with Crippen LogP contribution in [-0.2, 0) is 9.53 Å². The third-order valence-electron chi connectivity index (χ3n) is 3.45. The molecule has 12 heavy (non-hydrogen) atoms. The van der Waals surface area contributed by atoms with Gasteiger partial charge >= 0.3 is 5.97 Å². The molecule has 2 bridgehead atoms. The molecule has 2 nitrogen and oxygen atoms in total. The Kier molecular flexibility index (Phi) is 1.38. The van der Waals surface area contributed by atoms with Gasteiger partial charge in [0.1, 0.15) is 11.0 Å². The summed E-state index contributed by atoms with van der Waals surface area (Å²) >= 11 is 8.63. The summed E-state index contributed by atoms with van der Waals surface area (Å²) in [6.07, 6.45) is 2.05. The predicted octanol–water partition coefficient (Wildman–Crippen LogP) is 1.73. The van der Waals surface area contributed by atoms with Gasteiger partial charge in [0.2, 0.25) is 0 Å². The van der Waals surface area contributed by atoms with E-state index in [1.165, 1.54) is 0 Å². The first kappa shape index (κ1) is 7.85. The van der Waals surface area contributed by atoms with Crippen molar-refractivity contribution in [2.75, 3.05) is 0 Å². The zero-order valence-electron chi connectivity index (χ0n) is 6.30. The maximum absolute atomic E-state index is 11.4. The fraction of sp³-hybridized carbons (Fsp3) is 0.875. The van der Waals surface area contributed by atoms with Crippen molar-refractivity contribution in [2.45, 2.75) is 27.7 Å². The molecule has 66 valence electrons. The van der Waals surface area contributed by atoms with Gasteiger partial charge in [-0.15, -0.1) is 11.6 Å². The molecule has 0 amide bonds. The quantitative estimate of drug-likeness (QED) is 0.387. The Balaban J connectivity index is 2.09. The van der Waals surface area contributed by atoms with Crippen molar-refractivity contribution < 1.29 is 9.53 Å². The van der Waals surface area contributed by atoms with Crippen molar-refractivity contribution in [3.05, 3.63) is 0 Å². The Bertz CT molecular complexity index is 270. The number of fused-ring (bicyclic) bond motifs is 1. The van der Waals surface area contributed by atoms with Gasteiger partial charge in [0.15, 0.2) is 0 Å².